The molecule has 2 aromatic rings. The second-order valence-electron chi connectivity index (χ2n) is 9.01. The SMILES string of the molecule is C[C@H]1N2C(=O)c3c(O)c(=O)c(C(=O)NCc4ccc(F)cc4F)cn3C[C@@H]2OCC12CCC2. The van der Waals surface area contributed by atoms with Gasteiger partial charge in [0.2, 0.25) is 5.43 Å². The Morgan fingerprint density at radius 1 is 1.30 bits per heavy atom. The lowest BCUT2D eigenvalue weighted by molar-refractivity contribution is -0.194. The second-order valence-corrected chi connectivity index (χ2v) is 9.01. The molecule has 33 heavy (non-hydrogen) atoms. The quantitative estimate of drug-likeness (QED) is 0.733. The summed E-state index contributed by atoms with van der Waals surface area (Å²) in [7, 11) is 0. The van der Waals surface area contributed by atoms with Gasteiger partial charge in [0.15, 0.2) is 17.7 Å². The maximum absolute atomic E-state index is 13.8. The lowest BCUT2D eigenvalue weighted by Crippen LogP contribution is -2.65. The zero-order valence-corrected chi connectivity index (χ0v) is 17.9. The monoisotopic (exact) mass is 459 g/mol. The highest BCUT2D eigenvalue weighted by atomic mass is 19.1. The largest absolute Gasteiger partial charge is 0.503 e. The Labute approximate surface area is 187 Å². The van der Waals surface area contributed by atoms with Crippen LogP contribution in [0.3, 0.4) is 0 Å². The Kier molecular flexibility index (Phi) is 5.00. The fourth-order valence-electron chi connectivity index (χ4n) is 5.05. The molecule has 2 N–H and O–H groups in total. The first-order valence-corrected chi connectivity index (χ1v) is 10.8. The van der Waals surface area contributed by atoms with Crippen LogP contribution in [0.15, 0.2) is 29.2 Å². The van der Waals surface area contributed by atoms with E-state index in [9.17, 15) is 28.3 Å². The van der Waals surface area contributed by atoms with Gasteiger partial charge in [-0.2, -0.15) is 0 Å². The highest BCUT2D eigenvalue weighted by molar-refractivity contribution is 5.99. The van der Waals surface area contributed by atoms with Crippen LogP contribution in [0.4, 0.5) is 8.78 Å². The summed E-state index contributed by atoms with van der Waals surface area (Å²) in [6, 6.07) is 2.83. The van der Waals surface area contributed by atoms with Crippen molar-refractivity contribution in [2.24, 2.45) is 5.41 Å². The number of rotatable bonds is 3. The van der Waals surface area contributed by atoms with Crippen LogP contribution < -0.4 is 10.7 Å². The van der Waals surface area contributed by atoms with E-state index in [-0.39, 0.29) is 41.4 Å². The van der Waals surface area contributed by atoms with Crippen molar-refractivity contribution in [2.75, 3.05) is 6.61 Å². The van der Waals surface area contributed by atoms with Crippen LogP contribution in [0.2, 0.25) is 0 Å². The molecule has 1 aromatic carbocycles. The predicted octanol–water partition coefficient (Wildman–Crippen LogP) is 2.13. The van der Waals surface area contributed by atoms with E-state index in [1.165, 1.54) is 16.8 Å². The summed E-state index contributed by atoms with van der Waals surface area (Å²) in [6.45, 7) is 2.36. The van der Waals surface area contributed by atoms with Crippen molar-refractivity contribution in [3.05, 3.63) is 63.1 Å². The molecule has 1 saturated heterocycles. The third-order valence-electron chi connectivity index (χ3n) is 7.27. The molecule has 2 fully saturated rings. The molecule has 0 bridgehead atoms. The number of hydrogen-bond acceptors (Lipinski definition) is 5. The fraction of sp³-hybridized carbons (Fsp3) is 0.435. The number of amides is 2. The Hall–Kier alpha value is -3.27. The zero-order valence-electron chi connectivity index (χ0n) is 17.9. The molecular formula is C23H23F2N3O5. The maximum Gasteiger partial charge on any atom is 0.276 e. The maximum atomic E-state index is 13.8. The Bertz CT molecular complexity index is 1220. The number of halogens is 2. The van der Waals surface area contributed by atoms with Crippen LogP contribution >= 0.6 is 0 Å². The third-order valence-corrected chi connectivity index (χ3v) is 7.27. The highest BCUT2D eigenvalue weighted by Crippen LogP contribution is 2.50. The molecule has 0 radical (unpaired) electrons. The molecule has 3 aliphatic rings. The van der Waals surface area contributed by atoms with E-state index >= 15 is 0 Å². The van der Waals surface area contributed by atoms with Crippen molar-refractivity contribution in [3.8, 4) is 5.75 Å². The van der Waals surface area contributed by atoms with Gasteiger partial charge in [-0.15, -0.1) is 0 Å². The lowest BCUT2D eigenvalue weighted by Gasteiger charge is -2.57. The van der Waals surface area contributed by atoms with Crippen LogP contribution in [-0.2, 0) is 17.8 Å². The minimum absolute atomic E-state index is 0.0346. The van der Waals surface area contributed by atoms with E-state index in [1.54, 1.807) is 4.90 Å². The summed E-state index contributed by atoms with van der Waals surface area (Å²) in [4.78, 5) is 40.2. The summed E-state index contributed by atoms with van der Waals surface area (Å²) in [5, 5.41) is 13.0. The molecule has 0 unspecified atom stereocenters. The van der Waals surface area contributed by atoms with E-state index in [4.69, 9.17) is 4.74 Å². The number of carbonyl (C=O) groups excluding carboxylic acids is 2. The Morgan fingerprint density at radius 2 is 2.06 bits per heavy atom. The normalized spacial score (nSPS) is 23.0. The first kappa shape index (κ1) is 21.6. The Balaban J connectivity index is 1.42. The number of hydrogen-bond donors (Lipinski definition) is 2. The molecule has 1 aliphatic carbocycles. The Morgan fingerprint density at radius 3 is 2.73 bits per heavy atom. The molecule has 5 rings (SSSR count). The molecule has 8 nitrogen and oxygen atoms in total. The summed E-state index contributed by atoms with van der Waals surface area (Å²) >= 11 is 0. The molecule has 1 saturated carbocycles. The highest BCUT2D eigenvalue weighted by Gasteiger charge is 2.53. The number of carbonyl (C=O) groups is 2. The van der Waals surface area contributed by atoms with E-state index in [1.807, 2.05) is 6.92 Å². The second kappa shape index (κ2) is 7.65. The molecule has 2 aliphatic heterocycles. The van der Waals surface area contributed by atoms with Crippen LogP contribution in [0.1, 0.15) is 52.6 Å². The van der Waals surface area contributed by atoms with Crippen molar-refractivity contribution < 1.29 is 28.2 Å². The van der Waals surface area contributed by atoms with Crippen molar-refractivity contribution in [3.63, 3.8) is 0 Å². The number of pyridine rings is 1. The summed E-state index contributed by atoms with van der Waals surface area (Å²) in [5.41, 5.74) is -1.62. The van der Waals surface area contributed by atoms with Gasteiger partial charge in [0, 0.05) is 35.8 Å². The van der Waals surface area contributed by atoms with Crippen molar-refractivity contribution in [1.82, 2.24) is 14.8 Å². The van der Waals surface area contributed by atoms with E-state index in [0.29, 0.717) is 12.7 Å². The third kappa shape index (κ3) is 3.31. The molecule has 3 heterocycles. The molecule has 10 heteroatoms. The molecule has 174 valence electrons. The summed E-state index contributed by atoms with van der Waals surface area (Å²) < 4.78 is 34.3. The standard InChI is InChI=1S/C23H23F2N3O5/c1-12-23(5-2-6-23)11-33-17-10-27-9-15(19(29)20(30)18(27)22(32)28(12)17)21(31)26-8-13-3-4-14(24)7-16(13)25/h3-4,7,9,12,17,30H,2,5-6,8,10-11H2,1H3,(H,26,31)/t12-,17+/m1/s1. The van der Waals surface area contributed by atoms with Gasteiger partial charge < -0.3 is 24.6 Å². The molecule has 2 amide bonds. The summed E-state index contributed by atoms with van der Waals surface area (Å²) in [5.74, 6) is -3.75. The number of nitrogens with zero attached hydrogens (tertiary/aromatic N) is 2. The van der Waals surface area contributed by atoms with Gasteiger partial charge in [0.1, 0.15) is 17.2 Å². The average molecular weight is 459 g/mol. The van der Waals surface area contributed by atoms with Crippen LogP contribution in [0.25, 0.3) is 0 Å². The van der Waals surface area contributed by atoms with Gasteiger partial charge in [-0.3, -0.25) is 14.4 Å². The van der Waals surface area contributed by atoms with Gasteiger partial charge in [-0.25, -0.2) is 8.78 Å². The number of aromatic hydroxyl groups is 1. The number of ether oxygens (including phenoxy) is 1. The lowest BCUT2D eigenvalue weighted by atomic mass is 9.63. The van der Waals surface area contributed by atoms with Gasteiger partial charge in [0.25, 0.3) is 11.8 Å². The van der Waals surface area contributed by atoms with Crippen molar-refractivity contribution in [2.45, 2.75) is 51.5 Å². The molecule has 2 atom stereocenters. The van der Waals surface area contributed by atoms with Gasteiger partial charge >= 0.3 is 0 Å². The minimum Gasteiger partial charge on any atom is -0.503 e. The van der Waals surface area contributed by atoms with Gasteiger partial charge in [-0.05, 0) is 25.8 Å². The number of benzene rings is 1. The summed E-state index contributed by atoms with van der Waals surface area (Å²) in [6.07, 6.45) is 3.62. The predicted molar refractivity (Wildman–Crippen MR) is 112 cm³/mol. The van der Waals surface area contributed by atoms with Crippen LogP contribution in [0, 0.1) is 17.0 Å². The zero-order chi connectivity index (χ0) is 23.5. The molecular weight excluding hydrogens is 436 g/mol. The minimum atomic E-state index is -0.992. The average Bonchev–Trinajstić information content (AvgIpc) is 2.74. The smallest absolute Gasteiger partial charge is 0.276 e. The van der Waals surface area contributed by atoms with E-state index < -0.39 is 40.9 Å². The molecule has 1 spiro atoms. The van der Waals surface area contributed by atoms with E-state index in [2.05, 4.69) is 5.32 Å². The number of nitrogens with one attached hydrogen (secondary N) is 1. The van der Waals surface area contributed by atoms with Crippen LogP contribution in [-0.4, -0.2) is 45.3 Å². The molecule has 1 aromatic heterocycles. The fourth-order valence-corrected chi connectivity index (χ4v) is 5.05. The topological polar surface area (TPSA) is 101 Å². The first-order valence-electron chi connectivity index (χ1n) is 10.8. The van der Waals surface area contributed by atoms with Gasteiger partial charge in [-0.1, -0.05) is 12.5 Å². The van der Waals surface area contributed by atoms with E-state index in [0.717, 1.165) is 25.3 Å². The first-order chi connectivity index (χ1) is 15.7. The number of fused-ring (bicyclic) bond motifs is 2. The van der Waals surface area contributed by atoms with Crippen molar-refractivity contribution in [1.29, 1.82) is 0 Å². The van der Waals surface area contributed by atoms with Crippen LogP contribution in [0.5, 0.6) is 5.75 Å². The van der Waals surface area contributed by atoms with Gasteiger partial charge in [0.05, 0.1) is 13.2 Å². The number of aromatic nitrogens is 1. The van der Waals surface area contributed by atoms with Crippen molar-refractivity contribution >= 4 is 11.8 Å².